The highest BCUT2D eigenvalue weighted by Gasteiger charge is 2.56. The number of imidazole rings is 1. The van der Waals surface area contributed by atoms with E-state index in [4.69, 9.17) is 18.6 Å². The van der Waals surface area contributed by atoms with E-state index in [1.54, 1.807) is 22.9 Å². The van der Waals surface area contributed by atoms with Gasteiger partial charge in [-0.3, -0.25) is 4.57 Å². The largest absolute Gasteiger partial charge is 0.422 e. The lowest BCUT2D eigenvalue weighted by atomic mass is 10.1. The number of benzene rings is 1. The van der Waals surface area contributed by atoms with Gasteiger partial charge in [0.2, 0.25) is 0 Å². The van der Waals surface area contributed by atoms with Crippen molar-refractivity contribution in [3.05, 3.63) is 53.3 Å². The molecule has 2 aliphatic heterocycles. The van der Waals surface area contributed by atoms with Crippen molar-refractivity contribution >= 4 is 33.9 Å². The summed E-state index contributed by atoms with van der Waals surface area (Å²) in [4.78, 5) is 26.2. The Hall–Kier alpha value is -2.83. The van der Waals surface area contributed by atoms with Crippen LogP contribution in [0.3, 0.4) is 0 Å². The van der Waals surface area contributed by atoms with Crippen LogP contribution in [0, 0.1) is 0 Å². The molecule has 3 aromatic heterocycles. The van der Waals surface area contributed by atoms with Gasteiger partial charge in [0.1, 0.15) is 40.6 Å². The first-order valence-corrected chi connectivity index (χ1v) is 11.3. The topological polar surface area (TPSA) is 122 Å². The van der Waals surface area contributed by atoms with Crippen LogP contribution < -0.4 is 5.63 Å². The Labute approximate surface area is 191 Å². The summed E-state index contributed by atoms with van der Waals surface area (Å²) < 4.78 is 25.5. The number of para-hydroxylation sites is 1. The molecule has 4 aromatic rings. The van der Waals surface area contributed by atoms with Crippen molar-refractivity contribution in [2.24, 2.45) is 0 Å². The Morgan fingerprint density at radius 2 is 2.03 bits per heavy atom. The fourth-order valence-electron chi connectivity index (χ4n) is 4.36. The summed E-state index contributed by atoms with van der Waals surface area (Å²) in [6.45, 7) is 3.41. The van der Waals surface area contributed by atoms with Crippen LogP contribution in [0.4, 0.5) is 0 Å². The van der Waals surface area contributed by atoms with E-state index >= 15 is 0 Å². The molecular formula is C22H20N4O6S. The van der Waals surface area contributed by atoms with Crippen molar-refractivity contribution < 1.29 is 23.7 Å². The molecule has 2 saturated heterocycles. The molecule has 0 radical (unpaired) electrons. The van der Waals surface area contributed by atoms with Gasteiger partial charge in [0.05, 0.1) is 12.8 Å². The predicted octanol–water partition coefficient (Wildman–Crippen LogP) is 2.49. The van der Waals surface area contributed by atoms with E-state index in [-0.39, 0.29) is 6.61 Å². The van der Waals surface area contributed by atoms with E-state index in [0.29, 0.717) is 26.8 Å². The number of ether oxygens (including phenoxy) is 3. The third kappa shape index (κ3) is 3.44. The monoisotopic (exact) mass is 468 g/mol. The number of aliphatic hydroxyl groups is 1. The third-order valence-corrected chi connectivity index (χ3v) is 6.67. The van der Waals surface area contributed by atoms with E-state index < -0.39 is 36.0 Å². The second-order valence-corrected chi connectivity index (χ2v) is 9.36. The average molecular weight is 468 g/mol. The molecule has 0 amide bonds. The predicted molar refractivity (Wildman–Crippen MR) is 117 cm³/mol. The average Bonchev–Trinajstić information content (AvgIpc) is 3.41. The molecule has 33 heavy (non-hydrogen) atoms. The number of fused-ring (bicyclic) bond motifs is 3. The summed E-state index contributed by atoms with van der Waals surface area (Å²) in [5.74, 6) is -0.830. The first-order valence-electron chi connectivity index (χ1n) is 10.4. The van der Waals surface area contributed by atoms with Gasteiger partial charge in [0, 0.05) is 5.39 Å². The standard InChI is InChI=1S/C22H20N4O6S/c1-22(2)31-16-14(9-27)29-19(17(16)32-22)26-18-12(8-23-10-24-18)25-21(26)33-15-7-11-5-3-4-6-13(11)30-20(15)28/h3-8,10,14,16-17,19,27H,9H2,1-2H3/t14-,16-,17-,19-/m1/s1. The van der Waals surface area contributed by atoms with Crippen molar-refractivity contribution in [1.29, 1.82) is 0 Å². The second-order valence-electron chi connectivity index (χ2n) is 8.35. The molecule has 0 saturated carbocycles. The van der Waals surface area contributed by atoms with Crippen LogP contribution in [0.5, 0.6) is 0 Å². The van der Waals surface area contributed by atoms with Gasteiger partial charge in [-0.1, -0.05) is 18.2 Å². The molecule has 1 N–H and O–H groups in total. The Morgan fingerprint density at radius 1 is 1.21 bits per heavy atom. The Bertz CT molecular complexity index is 1420. The second kappa shape index (κ2) is 7.61. The van der Waals surface area contributed by atoms with Gasteiger partial charge in [-0.25, -0.2) is 19.7 Å². The van der Waals surface area contributed by atoms with E-state index in [2.05, 4.69) is 15.0 Å². The van der Waals surface area contributed by atoms with E-state index in [0.717, 1.165) is 17.1 Å². The van der Waals surface area contributed by atoms with Gasteiger partial charge in [-0.2, -0.15) is 0 Å². The minimum Gasteiger partial charge on any atom is -0.422 e. The molecular weight excluding hydrogens is 448 g/mol. The number of aromatic nitrogens is 4. The molecule has 0 unspecified atom stereocenters. The zero-order valence-electron chi connectivity index (χ0n) is 17.7. The molecule has 1 aromatic carbocycles. The summed E-state index contributed by atoms with van der Waals surface area (Å²) >= 11 is 1.15. The lowest BCUT2D eigenvalue weighted by Gasteiger charge is -2.25. The minimum absolute atomic E-state index is 0.227. The zero-order valence-corrected chi connectivity index (χ0v) is 18.6. The molecule has 0 aliphatic carbocycles. The summed E-state index contributed by atoms with van der Waals surface area (Å²) in [5.41, 5.74) is 1.10. The van der Waals surface area contributed by atoms with Crippen molar-refractivity contribution in [3.8, 4) is 0 Å². The molecule has 0 bridgehead atoms. The first kappa shape index (κ1) is 20.8. The lowest BCUT2D eigenvalue weighted by molar-refractivity contribution is -0.200. The summed E-state index contributed by atoms with van der Waals surface area (Å²) in [7, 11) is 0. The molecule has 2 fully saturated rings. The number of nitrogens with zero attached hydrogens (tertiary/aromatic N) is 4. The van der Waals surface area contributed by atoms with Crippen molar-refractivity contribution in [2.45, 2.75) is 54.2 Å². The van der Waals surface area contributed by atoms with Crippen LogP contribution in [-0.4, -0.2) is 55.3 Å². The van der Waals surface area contributed by atoms with Crippen LogP contribution in [0.1, 0.15) is 20.1 Å². The van der Waals surface area contributed by atoms with E-state index in [9.17, 15) is 9.90 Å². The fraction of sp³-hybridized carbons (Fsp3) is 0.364. The van der Waals surface area contributed by atoms with E-state index in [1.807, 2.05) is 32.0 Å². The quantitative estimate of drug-likeness (QED) is 0.447. The van der Waals surface area contributed by atoms with Crippen molar-refractivity contribution in [2.75, 3.05) is 6.61 Å². The van der Waals surface area contributed by atoms with Crippen LogP contribution in [0.25, 0.3) is 22.1 Å². The van der Waals surface area contributed by atoms with Crippen molar-refractivity contribution in [1.82, 2.24) is 19.5 Å². The zero-order chi connectivity index (χ0) is 22.7. The maximum Gasteiger partial charge on any atom is 0.350 e. The Morgan fingerprint density at radius 3 is 2.88 bits per heavy atom. The van der Waals surface area contributed by atoms with Gasteiger partial charge in [0.25, 0.3) is 0 Å². The number of hydrogen-bond acceptors (Lipinski definition) is 10. The van der Waals surface area contributed by atoms with Crippen LogP contribution >= 0.6 is 11.8 Å². The molecule has 5 heterocycles. The molecule has 2 aliphatic rings. The summed E-state index contributed by atoms with van der Waals surface area (Å²) in [6.07, 6.45) is 0.798. The van der Waals surface area contributed by atoms with Gasteiger partial charge in [0.15, 0.2) is 22.8 Å². The maximum absolute atomic E-state index is 12.7. The normalized spacial score (nSPS) is 26.3. The summed E-state index contributed by atoms with van der Waals surface area (Å²) in [5, 5.41) is 11.1. The number of aliphatic hydroxyl groups excluding tert-OH is 1. The Balaban J connectivity index is 1.47. The third-order valence-electron chi connectivity index (χ3n) is 5.69. The van der Waals surface area contributed by atoms with Crippen molar-refractivity contribution in [3.63, 3.8) is 0 Å². The molecule has 0 spiro atoms. The molecule has 6 rings (SSSR count). The smallest absolute Gasteiger partial charge is 0.350 e. The van der Waals surface area contributed by atoms with Gasteiger partial charge in [-0.05, 0) is 37.7 Å². The highest BCUT2D eigenvalue weighted by atomic mass is 32.2. The fourth-order valence-corrected chi connectivity index (χ4v) is 5.30. The first-order chi connectivity index (χ1) is 15.9. The maximum atomic E-state index is 12.7. The number of rotatable bonds is 4. The van der Waals surface area contributed by atoms with Crippen LogP contribution in [0.15, 0.2) is 62.1 Å². The SMILES string of the molecule is CC1(C)O[C@@H]2[C@H](O1)[C@@H](CO)O[C@H]2n1c(Sc2cc3ccccc3oc2=O)nc2cncnc21. The highest BCUT2D eigenvalue weighted by Crippen LogP contribution is 2.45. The minimum atomic E-state index is -0.830. The summed E-state index contributed by atoms with van der Waals surface area (Å²) in [6, 6.07) is 9.08. The number of hydrogen-bond donors (Lipinski definition) is 1. The van der Waals surface area contributed by atoms with E-state index in [1.165, 1.54) is 6.33 Å². The van der Waals surface area contributed by atoms with Gasteiger partial charge >= 0.3 is 5.63 Å². The van der Waals surface area contributed by atoms with Crippen LogP contribution in [-0.2, 0) is 14.2 Å². The molecule has 11 heteroatoms. The molecule has 170 valence electrons. The van der Waals surface area contributed by atoms with Gasteiger partial charge in [-0.15, -0.1) is 0 Å². The molecule has 4 atom stereocenters. The van der Waals surface area contributed by atoms with Gasteiger partial charge < -0.3 is 23.7 Å². The lowest BCUT2D eigenvalue weighted by Crippen LogP contribution is -2.31. The highest BCUT2D eigenvalue weighted by molar-refractivity contribution is 7.99. The van der Waals surface area contributed by atoms with Crippen LogP contribution in [0.2, 0.25) is 0 Å². The Kier molecular flexibility index (Phi) is 4.78. The molecule has 10 nitrogen and oxygen atoms in total.